The van der Waals surface area contributed by atoms with Crippen molar-refractivity contribution in [3.05, 3.63) is 65.6 Å². The van der Waals surface area contributed by atoms with Crippen molar-refractivity contribution < 1.29 is 0 Å². The first-order chi connectivity index (χ1) is 13.7. The standard InChI is InChI=1S/C22H22ClN5/c1-26-11-13-27(14-12-26)20-19-9-10-28(21(19)25-22(23)24-20)15-17-7-4-6-16-5-2-3-8-18(16)17/h2-10H,11-15H2,1H3. The molecule has 1 aliphatic heterocycles. The van der Waals surface area contributed by atoms with Gasteiger partial charge in [0.15, 0.2) is 0 Å². The average molecular weight is 392 g/mol. The first-order valence-corrected chi connectivity index (χ1v) is 9.99. The van der Waals surface area contributed by atoms with E-state index in [1.54, 1.807) is 0 Å². The number of anilines is 1. The largest absolute Gasteiger partial charge is 0.353 e. The summed E-state index contributed by atoms with van der Waals surface area (Å²) in [6.45, 7) is 4.71. The topological polar surface area (TPSA) is 37.2 Å². The molecular formula is C22H22ClN5. The molecule has 0 radical (unpaired) electrons. The van der Waals surface area contributed by atoms with Gasteiger partial charge in [-0.2, -0.15) is 9.97 Å². The number of likely N-dealkylation sites (N-methyl/N-ethyl adjacent to an activating group) is 1. The Hall–Kier alpha value is -2.63. The van der Waals surface area contributed by atoms with E-state index in [-0.39, 0.29) is 0 Å². The fourth-order valence-electron chi connectivity index (χ4n) is 4.02. The van der Waals surface area contributed by atoms with Gasteiger partial charge >= 0.3 is 0 Å². The van der Waals surface area contributed by atoms with E-state index in [1.165, 1.54) is 16.3 Å². The molecule has 28 heavy (non-hydrogen) atoms. The molecule has 0 saturated carbocycles. The molecular weight excluding hydrogens is 370 g/mol. The Labute approximate surface area is 169 Å². The third-order valence-corrected chi connectivity index (χ3v) is 5.76. The summed E-state index contributed by atoms with van der Waals surface area (Å²) in [4.78, 5) is 13.8. The van der Waals surface area contributed by atoms with Crippen LogP contribution in [0.5, 0.6) is 0 Å². The highest BCUT2D eigenvalue weighted by Crippen LogP contribution is 2.28. The van der Waals surface area contributed by atoms with Crippen LogP contribution in [0.25, 0.3) is 21.8 Å². The number of aromatic nitrogens is 3. The van der Waals surface area contributed by atoms with Crippen molar-refractivity contribution in [1.82, 2.24) is 19.4 Å². The van der Waals surface area contributed by atoms with Crippen molar-refractivity contribution in [2.75, 3.05) is 38.1 Å². The molecule has 5 nitrogen and oxygen atoms in total. The normalized spacial score (nSPS) is 15.6. The molecule has 0 spiro atoms. The van der Waals surface area contributed by atoms with E-state index in [4.69, 9.17) is 11.6 Å². The van der Waals surface area contributed by atoms with Crippen molar-refractivity contribution in [2.24, 2.45) is 0 Å². The molecule has 4 aromatic rings. The SMILES string of the molecule is CN1CCN(c2nc(Cl)nc3c2ccn3Cc2cccc3ccccc23)CC1. The summed E-state index contributed by atoms with van der Waals surface area (Å²) >= 11 is 6.33. The lowest BCUT2D eigenvalue weighted by Crippen LogP contribution is -2.44. The molecule has 1 aliphatic rings. The van der Waals surface area contributed by atoms with Crippen molar-refractivity contribution in [3.8, 4) is 0 Å². The maximum Gasteiger partial charge on any atom is 0.226 e. The van der Waals surface area contributed by atoms with E-state index in [2.05, 4.69) is 86.1 Å². The zero-order valence-corrected chi connectivity index (χ0v) is 16.6. The predicted octanol–water partition coefficient (Wildman–Crippen LogP) is 4.04. The highest BCUT2D eigenvalue weighted by atomic mass is 35.5. The summed E-state index contributed by atoms with van der Waals surface area (Å²) < 4.78 is 2.17. The van der Waals surface area contributed by atoms with E-state index < -0.39 is 0 Å². The number of hydrogen-bond donors (Lipinski definition) is 0. The van der Waals surface area contributed by atoms with Crippen LogP contribution in [0, 0.1) is 0 Å². The van der Waals surface area contributed by atoms with E-state index in [1.807, 2.05) is 0 Å². The summed E-state index contributed by atoms with van der Waals surface area (Å²) in [6.07, 6.45) is 2.09. The van der Waals surface area contributed by atoms with Crippen molar-refractivity contribution in [1.29, 1.82) is 0 Å². The lowest BCUT2D eigenvalue weighted by atomic mass is 10.0. The fourth-order valence-corrected chi connectivity index (χ4v) is 4.18. The van der Waals surface area contributed by atoms with Crippen LogP contribution in [-0.4, -0.2) is 52.7 Å². The van der Waals surface area contributed by atoms with Gasteiger partial charge in [-0.1, -0.05) is 42.5 Å². The third-order valence-electron chi connectivity index (χ3n) is 5.59. The van der Waals surface area contributed by atoms with Gasteiger partial charge in [-0.3, -0.25) is 0 Å². The van der Waals surface area contributed by atoms with Gasteiger partial charge in [0.05, 0.1) is 5.39 Å². The first kappa shape index (κ1) is 17.5. The van der Waals surface area contributed by atoms with Crippen molar-refractivity contribution >= 4 is 39.2 Å². The van der Waals surface area contributed by atoms with Crippen LogP contribution in [0.3, 0.4) is 0 Å². The molecule has 0 aliphatic carbocycles. The zero-order valence-electron chi connectivity index (χ0n) is 15.8. The minimum atomic E-state index is 0.305. The lowest BCUT2D eigenvalue weighted by molar-refractivity contribution is 0.312. The van der Waals surface area contributed by atoms with Crippen molar-refractivity contribution in [2.45, 2.75) is 6.54 Å². The lowest BCUT2D eigenvalue weighted by Gasteiger charge is -2.33. The first-order valence-electron chi connectivity index (χ1n) is 9.61. The molecule has 0 bridgehead atoms. The molecule has 142 valence electrons. The number of hydrogen-bond acceptors (Lipinski definition) is 4. The van der Waals surface area contributed by atoms with Crippen LogP contribution in [0.1, 0.15) is 5.56 Å². The Bertz CT molecular complexity index is 1140. The van der Waals surface area contributed by atoms with Gasteiger partial charge in [0.25, 0.3) is 0 Å². The second-order valence-electron chi connectivity index (χ2n) is 7.43. The number of fused-ring (bicyclic) bond motifs is 2. The van der Waals surface area contributed by atoms with Gasteiger partial charge in [0.2, 0.25) is 5.28 Å². The summed E-state index contributed by atoms with van der Waals surface area (Å²) in [5, 5.41) is 3.89. The van der Waals surface area contributed by atoms with Gasteiger partial charge in [-0.15, -0.1) is 0 Å². The summed E-state index contributed by atoms with van der Waals surface area (Å²) in [5.41, 5.74) is 2.16. The molecule has 1 saturated heterocycles. The Balaban J connectivity index is 1.56. The number of nitrogens with zero attached hydrogens (tertiary/aromatic N) is 5. The molecule has 2 aromatic carbocycles. The summed E-state index contributed by atoms with van der Waals surface area (Å²) in [6, 6.07) is 17.0. The maximum atomic E-state index is 6.33. The second kappa shape index (κ2) is 7.08. The zero-order chi connectivity index (χ0) is 19.1. The highest BCUT2D eigenvalue weighted by Gasteiger charge is 2.20. The Morgan fingerprint density at radius 3 is 2.54 bits per heavy atom. The van der Waals surface area contributed by atoms with Gasteiger partial charge in [-0.25, -0.2) is 0 Å². The average Bonchev–Trinajstić information content (AvgIpc) is 3.11. The minimum Gasteiger partial charge on any atom is -0.353 e. The maximum absolute atomic E-state index is 6.33. The van der Waals surface area contributed by atoms with Gasteiger partial charge < -0.3 is 14.4 Å². The van der Waals surface area contributed by atoms with Crippen LogP contribution in [0.4, 0.5) is 5.82 Å². The minimum absolute atomic E-state index is 0.305. The number of rotatable bonds is 3. The van der Waals surface area contributed by atoms with Crippen LogP contribution in [-0.2, 0) is 6.54 Å². The third kappa shape index (κ3) is 3.11. The van der Waals surface area contributed by atoms with E-state index >= 15 is 0 Å². The van der Waals surface area contributed by atoms with Crippen LogP contribution < -0.4 is 4.90 Å². The number of piperazine rings is 1. The molecule has 6 heteroatoms. The molecule has 3 heterocycles. The van der Waals surface area contributed by atoms with Gasteiger partial charge in [0, 0.05) is 38.9 Å². The van der Waals surface area contributed by atoms with Crippen LogP contribution in [0.2, 0.25) is 5.28 Å². The molecule has 0 amide bonds. The van der Waals surface area contributed by atoms with Crippen molar-refractivity contribution in [3.63, 3.8) is 0 Å². The molecule has 0 atom stereocenters. The quantitative estimate of drug-likeness (QED) is 0.494. The highest BCUT2D eigenvalue weighted by molar-refractivity contribution is 6.28. The van der Waals surface area contributed by atoms with E-state index in [9.17, 15) is 0 Å². The Kier molecular flexibility index (Phi) is 4.41. The molecule has 5 rings (SSSR count). The molecule has 0 unspecified atom stereocenters. The predicted molar refractivity (Wildman–Crippen MR) is 115 cm³/mol. The summed E-state index contributed by atoms with van der Waals surface area (Å²) in [7, 11) is 2.15. The molecule has 0 N–H and O–H groups in total. The molecule has 2 aromatic heterocycles. The Morgan fingerprint density at radius 2 is 1.68 bits per heavy atom. The molecule has 1 fully saturated rings. The van der Waals surface area contributed by atoms with Gasteiger partial charge in [-0.05, 0) is 41.1 Å². The summed E-state index contributed by atoms with van der Waals surface area (Å²) in [5.74, 6) is 0.944. The van der Waals surface area contributed by atoms with Crippen LogP contribution in [0.15, 0.2) is 54.7 Å². The number of halogens is 1. The van der Waals surface area contributed by atoms with E-state index in [0.29, 0.717) is 5.28 Å². The monoisotopic (exact) mass is 391 g/mol. The second-order valence-corrected chi connectivity index (χ2v) is 7.76. The fraction of sp³-hybridized carbons (Fsp3) is 0.273. The Morgan fingerprint density at radius 1 is 0.893 bits per heavy atom. The van der Waals surface area contributed by atoms with E-state index in [0.717, 1.165) is 49.6 Å². The van der Waals surface area contributed by atoms with Gasteiger partial charge in [0.1, 0.15) is 11.5 Å². The smallest absolute Gasteiger partial charge is 0.226 e. The number of benzene rings is 2. The van der Waals surface area contributed by atoms with Crippen LogP contribution >= 0.6 is 11.6 Å².